The van der Waals surface area contributed by atoms with Crippen LogP contribution in [-0.2, 0) is 11.2 Å². The van der Waals surface area contributed by atoms with Gasteiger partial charge in [0.2, 0.25) is 0 Å². The van der Waals surface area contributed by atoms with Crippen LogP contribution in [-0.4, -0.2) is 20.4 Å². The van der Waals surface area contributed by atoms with Gasteiger partial charge < -0.3 is 0 Å². The summed E-state index contributed by atoms with van der Waals surface area (Å²) in [4.78, 5) is 15.2. The maximum absolute atomic E-state index is 11.0. The lowest BCUT2D eigenvalue weighted by molar-refractivity contribution is -0.116. The van der Waals surface area contributed by atoms with Gasteiger partial charge in [0.05, 0.1) is 5.69 Å². The molecule has 0 radical (unpaired) electrons. The molecule has 72 valence electrons. The largest absolute Gasteiger partial charge is 0.300 e. The van der Waals surface area contributed by atoms with E-state index in [2.05, 4.69) is 10.1 Å². The number of carbonyl (C=O) groups is 1. The monoisotopic (exact) mass is 189 g/mol. The zero-order valence-corrected chi connectivity index (χ0v) is 8.19. The molecule has 0 spiro atoms. The number of aryl methyl sites for hydroxylation is 1. The fraction of sp³-hybridized carbons (Fsp3) is 0.300. The summed E-state index contributed by atoms with van der Waals surface area (Å²) in [6.07, 6.45) is 0.403. The minimum absolute atomic E-state index is 0.130. The second kappa shape index (κ2) is 3.21. The fourth-order valence-electron chi connectivity index (χ4n) is 1.46. The molecule has 0 amide bonds. The fourth-order valence-corrected chi connectivity index (χ4v) is 1.46. The van der Waals surface area contributed by atoms with Gasteiger partial charge in [0.15, 0.2) is 5.65 Å². The second-order valence-corrected chi connectivity index (χ2v) is 3.32. The molecule has 0 fully saturated rings. The summed E-state index contributed by atoms with van der Waals surface area (Å²) in [6, 6.07) is 5.66. The molecule has 0 atom stereocenters. The van der Waals surface area contributed by atoms with E-state index in [0.717, 1.165) is 17.2 Å². The molecule has 0 saturated heterocycles. The molecular formula is C10H11N3O. The highest BCUT2D eigenvalue weighted by molar-refractivity contribution is 5.77. The quantitative estimate of drug-likeness (QED) is 0.712. The summed E-state index contributed by atoms with van der Waals surface area (Å²) in [6.45, 7) is 3.41. The number of fused-ring (bicyclic) bond motifs is 1. The van der Waals surface area contributed by atoms with Gasteiger partial charge in [0.1, 0.15) is 11.6 Å². The molecule has 0 aliphatic heterocycles. The lowest BCUT2D eigenvalue weighted by Gasteiger charge is -1.99. The number of pyridine rings is 1. The molecule has 2 aromatic rings. The molecule has 0 unspecified atom stereocenters. The van der Waals surface area contributed by atoms with Crippen LogP contribution >= 0.6 is 0 Å². The van der Waals surface area contributed by atoms with Crippen molar-refractivity contribution in [3.8, 4) is 0 Å². The predicted molar refractivity (Wildman–Crippen MR) is 52.1 cm³/mol. The van der Waals surface area contributed by atoms with Crippen molar-refractivity contribution in [3.05, 3.63) is 29.7 Å². The third-order valence-electron chi connectivity index (χ3n) is 1.97. The van der Waals surface area contributed by atoms with Crippen LogP contribution in [0, 0.1) is 6.92 Å². The Morgan fingerprint density at radius 1 is 1.50 bits per heavy atom. The smallest absolute Gasteiger partial charge is 0.155 e. The van der Waals surface area contributed by atoms with Crippen molar-refractivity contribution in [2.24, 2.45) is 0 Å². The van der Waals surface area contributed by atoms with Gasteiger partial charge in [-0.05, 0) is 26.0 Å². The maximum Gasteiger partial charge on any atom is 0.155 e. The number of Topliss-reactive ketones (excluding diaryl/α,β-unsaturated/α-hetero) is 1. The van der Waals surface area contributed by atoms with E-state index in [-0.39, 0.29) is 5.78 Å². The van der Waals surface area contributed by atoms with E-state index in [1.807, 2.05) is 25.1 Å². The van der Waals surface area contributed by atoms with E-state index >= 15 is 0 Å². The summed E-state index contributed by atoms with van der Waals surface area (Å²) >= 11 is 0. The Morgan fingerprint density at radius 3 is 3.00 bits per heavy atom. The first-order valence-electron chi connectivity index (χ1n) is 4.47. The van der Waals surface area contributed by atoms with Crippen molar-refractivity contribution in [1.29, 1.82) is 0 Å². The normalized spacial score (nSPS) is 10.7. The van der Waals surface area contributed by atoms with E-state index in [0.29, 0.717) is 6.42 Å². The van der Waals surface area contributed by atoms with Crippen LogP contribution in [0.1, 0.15) is 18.4 Å². The van der Waals surface area contributed by atoms with Gasteiger partial charge in [-0.15, -0.1) is 0 Å². The van der Waals surface area contributed by atoms with Crippen LogP contribution in [0.2, 0.25) is 0 Å². The Labute approximate surface area is 81.6 Å². The number of rotatable bonds is 2. The summed E-state index contributed by atoms with van der Waals surface area (Å²) in [5.41, 5.74) is 1.68. The first-order chi connectivity index (χ1) is 6.66. The van der Waals surface area contributed by atoms with Crippen molar-refractivity contribution < 1.29 is 4.79 Å². The summed E-state index contributed by atoms with van der Waals surface area (Å²) in [5.74, 6) is 0.853. The molecule has 2 heterocycles. The number of nitrogens with zero attached hydrogens (tertiary/aromatic N) is 3. The zero-order valence-electron chi connectivity index (χ0n) is 8.19. The highest BCUT2D eigenvalue weighted by atomic mass is 16.1. The third kappa shape index (κ3) is 1.51. The van der Waals surface area contributed by atoms with Crippen LogP contribution in [0.5, 0.6) is 0 Å². The first-order valence-corrected chi connectivity index (χ1v) is 4.47. The minimum Gasteiger partial charge on any atom is -0.300 e. The van der Waals surface area contributed by atoms with Crippen LogP contribution in [0.3, 0.4) is 0 Å². The zero-order chi connectivity index (χ0) is 10.1. The molecule has 4 nitrogen and oxygen atoms in total. The lowest BCUT2D eigenvalue weighted by Crippen LogP contribution is -2.04. The third-order valence-corrected chi connectivity index (χ3v) is 1.97. The highest BCUT2D eigenvalue weighted by Crippen LogP contribution is 2.06. The molecule has 0 aliphatic rings. The molecule has 0 N–H and O–H groups in total. The van der Waals surface area contributed by atoms with Crippen molar-refractivity contribution in [2.45, 2.75) is 20.3 Å². The van der Waals surface area contributed by atoms with E-state index < -0.39 is 0 Å². The minimum atomic E-state index is 0.130. The van der Waals surface area contributed by atoms with Gasteiger partial charge in [-0.3, -0.25) is 4.79 Å². The van der Waals surface area contributed by atoms with E-state index in [4.69, 9.17) is 0 Å². The van der Waals surface area contributed by atoms with Gasteiger partial charge in [0.25, 0.3) is 0 Å². The van der Waals surface area contributed by atoms with Crippen LogP contribution in [0.25, 0.3) is 5.65 Å². The first kappa shape index (κ1) is 8.87. The number of carbonyl (C=O) groups excluding carboxylic acids is 1. The molecule has 0 aromatic carbocycles. The van der Waals surface area contributed by atoms with Gasteiger partial charge in [0, 0.05) is 6.42 Å². The summed E-state index contributed by atoms with van der Waals surface area (Å²) in [5, 5.41) is 4.22. The Hall–Kier alpha value is -1.71. The SMILES string of the molecule is CC(=O)Cc1cccc2nc(C)nn12. The summed E-state index contributed by atoms with van der Waals surface area (Å²) < 4.78 is 1.72. The Morgan fingerprint density at radius 2 is 2.29 bits per heavy atom. The standard InChI is InChI=1S/C10H11N3O/c1-7(14)6-9-4-3-5-10-11-8(2)12-13(9)10/h3-5H,6H2,1-2H3. The molecule has 4 heteroatoms. The van der Waals surface area contributed by atoms with Crippen molar-refractivity contribution in [2.75, 3.05) is 0 Å². The average Bonchev–Trinajstić information content (AvgIpc) is 2.45. The average molecular weight is 189 g/mol. The maximum atomic E-state index is 11.0. The number of aromatic nitrogens is 3. The van der Waals surface area contributed by atoms with E-state index in [1.165, 1.54) is 0 Å². The van der Waals surface area contributed by atoms with Gasteiger partial charge in [-0.2, -0.15) is 5.10 Å². The van der Waals surface area contributed by atoms with Gasteiger partial charge >= 0.3 is 0 Å². The van der Waals surface area contributed by atoms with Crippen LogP contribution in [0.4, 0.5) is 0 Å². The van der Waals surface area contributed by atoms with Gasteiger partial charge in [-0.1, -0.05) is 6.07 Å². The van der Waals surface area contributed by atoms with Crippen LogP contribution in [0.15, 0.2) is 18.2 Å². The highest BCUT2D eigenvalue weighted by Gasteiger charge is 2.05. The van der Waals surface area contributed by atoms with E-state index in [9.17, 15) is 4.79 Å². The predicted octanol–water partition coefficient (Wildman–Crippen LogP) is 1.17. The lowest BCUT2D eigenvalue weighted by atomic mass is 10.2. The summed E-state index contributed by atoms with van der Waals surface area (Å²) in [7, 11) is 0. The number of hydrogen-bond donors (Lipinski definition) is 0. The Balaban J connectivity index is 2.58. The molecule has 14 heavy (non-hydrogen) atoms. The molecule has 0 bridgehead atoms. The van der Waals surface area contributed by atoms with Crippen molar-refractivity contribution >= 4 is 11.4 Å². The number of ketones is 1. The van der Waals surface area contributed by atoms with Crippen molar-refractivity contribution in [1.82, 2.24) is 14.6 Å². The second-order valence-electron chi connectivity index (χ2n) is 3.32. The Bertz CT molecular complexity index is 487. The molecular weight excluding hydrogens is 178 g/mol. The molecule has 0 saturated carbocycles. The van der Waals surface area contributed by atoms with E-state index in [1.54, 1.807) is 11.4 Å². The molecule has 0 aliphatic carbocycles. The topological polar surface area (TPSA) is 47.3 Å². The Kier molecular flexibility index (Phi) is 2.04. The molecule has 2 rings (SSSR count). The molecule has 2 aromatic heterocycles. The van der Waals surface area contributed by atoms with Crippen LogP contribution < -0.4 is 0 Å². The van der Waals surface area contributed by atoms with Gasteiger partial charge in [-0.25, -0.2) is 9.50 Å². The number of hydrogen-bond acceptors (Lipinski definition) is 3. The van der Waals surface area contributed by atoms with Crippen molar-refractivity contribution in [3.63, 3.8) is 0 Å².